The lowest BCUT2D eigenvalue weighted by Crippen LogP contribution is -2.43. The Balaban J connectivity index is 2.15. The average Bonchev–Trinajstić information content (AvgIpc) is 2.56. The third-order valence-electron chi connectivity index (χ3n) is 3.26. The number of hydrogen-bond acceptors (Lipinski definition) is 3. The lowest BCUT2D eigenvalue weighted by atomic mass is 10.1. The van der Waals surface area contributed by atoms with Crippen molar-refractivity contribution >= 4 is 11.9 Å². The van der Waals surface area contributed by atoms with Crippen LogP contribution >= 0.6 is 0 Å². The summed E-state index contributed by atoms with van der Waals surface area (Å²) in [5.41, 5.74) is 0.749. The van der Waals surface area contributed by atoms with Crippen LogP contribution in [0.3, 0.4) is 0 Å². The number of carbonyl (C=O) groups excluding carboxylic acids is 2. The van der Waals surface area contributed by atoms with Gasteiger partial charge in [0, 0.05) is 12.0 Å². The van der Waals surface area contributed by atoms with Crippen LogP contribution in [0.15, 0.2) is 48.5 Å². The number of nitrogens with one attached hydrogen (secondary N) is 1. The molecule has 1 amide bonds. The van der Waals surface area contributed by atoms with Gasteiger partial charge in [-0.25, -0.2) is 13.6 Å². The summed E-state index contributed by atoms with van der Waals surface area (Å²) < 4.78 is 30.8. The Kier molecular flexibility index (Phi) is 5.41. The monoisotopic (exact) mass is 319 g/mol. The van der Waals surface area contributed by atoms with Crippen molar-refractivity contribution in [1.82, 2.24) is 5.32 Å². The van der Waals surface area contributed by atoms with Crippen molar-refractivity contribution in [1.29, 1.82) is 0 Å². The van der Waals surface area contributed by atoms with Gasteiger partial charge in [-0.2, -0.15) is 0 Å². The highest BCUT2D eigenvalue weighted by Crippen LogP contribution is 2.10. The van der Waals surface area contributed by atoms with Crippen molar-refractivity contribution in [2.24, 2.45) is 0 Å². The van der Waals surface area contributed by atoms with E-state index >= 15 is 0 Å². The molecule has 0 aromatic heterocycles. The Morgan fingerprint density at radius 1 is 1.09 bits per heavy atom. The summed E-state index contributed by atoms with van der Waals surface area (Å²) in [7, 11) is 1.21. The molecule has 0 bridgehead atoms. The third-order valence-corrected chi connectivity index (χ3v) is 3.26. The van der Waals surface area contributed by atoms with Gasteiger partial charge >= 0.3 is 5.97 Å². The van der Waals surface area contributed by atoms with Gasteiger partial charge in [0.25, 0.3) is 5.91 Å². The summed E-state index contributed by atoms with van der Waals surface area (Å²) >= 11 is 0. The molecule has 1 atom stereocenters. The molecule has 2 aromatic carbocycles. The van der Waals surface area contributed by atoms with E-state index in [2.05, 4.69) is 10.1 Å². The van der Waals surface area contributed by atoms with Crippen LogP contribution in [0.4, 0.5) is 8.78 Å². The Bertz CT molecular complexity index is 704. The topological polar surface area (TPSA) is 55.4 Å². The molecule has 0 heterocycles. The SMILES string of the molecule is COC(=O)[C@H](Cc1ccccc1)NC(=O)c1ccc(F)c(F)c1. The number of esters is 1. The molecule has 4 nitrogen and oxygen atoms in total. The molecule has 2 aromatic rings. The minimum absolute atomic E-state index is 0.0779. The molecule has 0 aliphatic carbocycles. The summed E-state index contributed by atoms with van der Waals surface area (Å²) in [6.07, 6.45) is 0.225. The molecule has 0 spiro atoms. The van der Waals surface area contributed by atoms with Crippen molar-refractivity contribution in [3.05, 3.63) is 71.3 Å². The summed E-state index contributed by atoms with van der Waals surface area (Å²) in [6, 6.07) is 10.9. The molecule has 0 saturated carbocycles. The van der Waals surface area contributed by atoms with Crippen molar-refractivity contribution in [3.8, 4) is 0 Å². The number of methoxy groups -OCH3 is 1. The lowest BCUT2D eigenvalue weighted by Gasteiger charge is -2.16. The first-order valence-corrected chi connectivity index (χ1v) is 6.89. The molecular weight excluding hydrogens is 304 g/mol. The van der Waals surface area contributed by atoms with E-state index in [4.69, 9.17) is 0 Å². The largest absolute Gasteiger partial charge is 0.467 e. The van der Waals surface area contributed by atoms with E-state index in [1.807, 2.05) is 6.07 Å². The molecule has 120 valence electrons. The zero-order chi connectivity index (χ0) is 16.8. The third kappa shape index (κ3) is 4.35. The van der Waals surface area contributed by atoms with E-state index in [0.29, 0.717) is 0 Å². The highest BCUT2D eigenvalue weighted by atomic mass is 19.2. The lowest BCUT2D eigenvalue weighted by molar-refractivity contribution is -0.142. The Morgan fingerprint density at radius 3 is 2.39 bits per heavy atom. The van der Waals surface area contributed by atoms with Crippen LogP contribution in [0.1, 0.15) is 15.9 Å². The molecule has 2 rings (SSSR count). The first kappa shape index (κ1) is 16.6. The van der Waals surface area contributed by atoms with Gasteiger partial charge in [0.15, 0.2) is 11.6 Å². The number of ether oxygens (including phenoxy) is 1. The molecule has 6 heteroatoms. The van der Waals surface area contributed by atoms with Gasteiger partial charge in [-0.15, -0.1) is 0 Å². The molecule has 0 unspecified atom stereocenters. The highest BCUT2D eigenvalue weighted by molar-refractivity contribution is 5.96. The van der Waals surface area contributed by atoms with Gasteiger partial charge in [0.05, 0.1) is 7.11 Å². The quantitative estimate of drug-likeness (QED) is 0.862. The molecule has 0 radical (unpaired) electrons. The van der Waals surface area contributed by atoms with Gasteiger partial charge < -0.3 is 10.1 Å². The number of rotatable bonds is 5. The summed E-state index contributed by atoms with van der Waals surface area (Å²) in [5, 5.41) is 2.48. The van der Waals surface area contributed by atoms with E-state index in [9.17, 15) is 18.4 Å². The van der Waals surface area contributed by atoms with E-state index in [-0.39, 0.29) is 12.0 Å². The fraction of sp³-hybridized carbons (Fsp3) is 0.176. The Hall–Kier alpha value is -2.76. The maximum Gasteiger partial charge on any atom is 0.328 e. The molecule has 1 N–H and O–H groups in total. The standard InChI is InChI=1S/C17H15F2NO3/c1-23-17(22)15(9-11-5-3-2-4-6-11)20-16(21)12-7-8-13(18)14(19)10-12/h2-8,10,15H,9H2,1H3,(H,20,21)/t15-/m0/s1. The van der Waals surface area contributed by atoms with Gasteiger partial charge in [0.1, 0.15) is 6.04 Å². The van der Waals surface area contributed by atoms with Crippen LogP contribution in [0.5, 0.6) is 0 Å². The minimum Gasteiger partial charge on any atom is -0.467 e. The number of hydrogen-bond donors (Lipinski definition) is 1. The average molecular weight is 319 g/mol. The van der Waals surface area contributed by atoms with Crippen LogP contribution in [-0.2, 0) is 16.0 Å². The van der Waals surface area contributed by atoms with Gasteiger partial charge in [0.2, 0.25) is 0 Å². The molecule has 0 fully saturated rings. The maximum absolute atomic E-state index is 13.2. The first-order valence-electron chi connectivity index (χ1n) is 6.89. The number of benzene rings is 2. The second-order valence-electron chi connectivity index (χ2n) is 4.87. The second-order valence-corrected chi connectivity index (χ2v) is 4.87. The van der Waals surface area contributed by atoms with Gasteiger partial charge in [-0.05, 0) is 23.8 Å². The summed E-state index contributed by atoms with van der Waals surface area (Å²) in [4.78, 5) is 24.0. The zero-order valence-corrected chi connectivity index (χ0v) is 12.4. The highest BCUT2D eigenvalue weighted by Gasteiger charge is 2.23. The number of carbonyl (C=O) groups is 2. The van der Waals surface area contributed by atoms with E-state index < -0.39 is 29.6 Å². The normalized spacial score (nSPS) is 11.6. The summed E-state index contributed by atoms with van der Waals surface area (Å²) in [5.74, 6) is -3.48. The van der Waals surface area contributed by atoms with Crippen molar-refractivity contribution in [3.63, 3.8) is 0 Å². The smallest absolute Gasteiger partial charge is 0.328 e. The summed E-state index contributed by atoms with van der Waals surface area (Å²) in [6.45, 7) is 0. The minimum atomic E-state index is -1.13. The predicted molar refractivity (Wildman–Crippen MR) is 79.8 cm³/mol. The van der Waals surface area contributed by atoms with Crippen molar-refractivity contribution in [2.45, 2.75) is 12.5 Å². The molecule has 0 saturated heterocycles. The van der Waals surface area contributed by atoms with Crippen molar-refractivity contribution < 1.29 is 23.1 Å². The first-order chi connectivity index (χ1) is 11.0. The van der Waals surface area contributed by atoms with E-state index in [1.165, 1.54) is 7.11 Å². The molecule has 0 aliphatic rings. The van der Waals surface area contributed by atoms with Crippen LogP contribution in [-0.4, -0.2) is 25.0 Å². The predicted octanol–water partition coefficient (Wildman–Crippen LogP) is 2.48. The molecule has 0 aliphatic heterocycles. The van der Waals surface area contributed by atoms with Crippen LogP contribution < -0.4 is 5.32 Å². The fourth-order valence-corrected chi connectivity index (χ4v) is 2.06. The number of halogens is 2. The molecular formula is C17H15F2NO3. The van der Waals surface area contributed by atoms with Crippen LogP contribution in [0, 0.1) is 11.6 Å². The molecule has 23 heavy (non-hydrogen) atoms. The van der Waals surface area contributed by atoms with Gasteiger partial charge in [-0.3, -0.25) is 4.79 Å². The van der Waals surface area contributed by atoms with Crippen LogP contribution in [0.2, 0.25) is 0 Å². The number of amides is 1. The maximum atomic E-state index is 13.2. The van der Waals surface area contributed by atoms with Crippen LogP contribution in [0.25, 0.3) is 0 Å². The van der Waals surface area contributed by atoms with E-state index in [1.54, 1.807) is 24.3 Å². The Labute approximate surface area is 132 Å². The van der Waals surface area contributed by atoms with Gasteiger partial charge in [-0.1, -0.05) is 30.3 Å². The van der Waals surface area contributed by atoms with E-state index in [0.717, 1.165) is 23.8 Å². The Morgan fingerprint density at radius 2 is 1.78 bits per heavy atom. The zero-order valence-electron chi connectivity index (χ0n) is 12.4. The second kappa shape index (κ2) is 7.49. The van der Waals surface area contributed by atoms with Crippen molar-refractivity contribution in [2.75, 3.05) is 7.11 Å². The fourth-order valence-electron chi connectivity index (χ4n) is 2.06.